The third kappa shape index (κ3) is 3.80. The van der Waals surface area contributed by atoms with Crippen LogP contribution in [-0.4, -0.2) is 32.0 Å². The molecule has 0 aliphatic heterocycles. The van der Waals surface area contributed by atoms with Crippen molar-refractivity contribution in [1.82, 2.24) is 24.8 Å². The van der Waals surface area contributed by atoms with Crippen molar-refractivity contribution in [2.45, 2.75) is 19.5 Å². The van der Waals surface area contributed by atoms with Crippen LogP contribution in [0.5, 0.6) is 0 Å². The van der Waals surface area contributed by atoms with Crippen LogP contribution >= 0.6 is 0 Å². The summed E-state index contributed by atoms with van der Waals surface area (Å²) in [5.74, 6) is -0.148. The highest BCUT2D eigenvalue weighted by Gasteiger charge is 2.33. The highest BCUT2D eigenvalue weighted by atomic mass is 19.4. The number of carbonyl (C=O) groups is 1. The Bertz CT molecular complexity index is 681. The first-order valence-corrected chi connectivity index (χ1v) is 6.44. The van der Waals surface area contributed by atoms with Gasteiger partial charge < -0.3 is 9.88 Å². The normalized spacial score (nSPS) is 11.5. The second kappa shape index (κ2) is 6.12. The summed E-state index contributed by atoms with van der Waals surface area (Å²) >= 11 is 0. The molecule has 2 aromatic rings. The maximum Gasteiger partial charge on any atom is 0.433 e. The van der Waals surface area contributed by atoms with Gasteiger partial charge in [-0.05, 0) is 13.0 Å². The Labute approximate surface area is 124 Å². The van der Waals surface area contributed by atoms with Crippen molar-refractivity contribution < 1.29 is 18.0 Å². The topological polar surface area (TPSA) is 72.7 Å². The van der Waals surface area contributed by atoms with Crippen molar-refractivity contribution in [2.75, 3.05) is 6.54 Å². The van der Waals surface area contributed by atoms with Crippen LogP contribution in [0, 0.1) is 6.92 Å². The zero-order valence-electron chi connectivity index (χ0n) is 12.0. The summed E-state index contributed by atoms with van der Waals surface area (Å²) in [4.78, 5) is 23.1. The Morgan fingerprint density at radius 3 is 2.68 bits per heavy atom. The van der Waals surface area contributed by atoms with E-state index in [4.69, 9.17) is 0 Å². The van der Waals surface area contributed by atoms with Crippen LogP contribution in [0.3, 0.4) is 0 Å². The highest BCUT2D eigenvalue weighted by molar-refractivity contribution is 5.90. The number of halogens is 3. The van der Waals surface area contributed by atoms with Gasteiger partial charge in [0.15, 0.2) is 5.82 Å². The lowest BCUT2D eigenvalue weighted by Gasteiger charge is -2.09. The smallest absolute Gasteiger partial charge is 0.349 e. The summed E-state index contributed by atoms with van der Waals surface area (Å²) < 4.78 is 39.5. The first-order chi connectivity index (χ1) is 10.3. The van der Waals surface area contributed by atoms with Gasteiger partial charge in [0.25, 0.3) is 5.91 Å². The number of hydrogen-bond acceptors (Lipinski definition) is 4. The molecular weight excluding hydrogens is 299 g/mol. The lowest BCUT2D eigenvalue weighted by atomic mass is 10.3. The molecule has 2 rings (SSSR count). The third-order valence-corrected chi connectivity index (χ3v) is 2.85. The Balaban J connectivity index is 1.99. The molecule has 9 heteroatoms. The number of carbonyl (C=O) groups excluding carboxylic acids is 1. The summed E-state index contributed by atoms with van der Waals surface area (Å²) in [6.45, 7) is 1.58. The number of hydrogen-bond donors (Lipinski definition) is 1. The molecule has 0 bridgehead atoms. The Kier molecular flexibility index (Phi) is 4.43. The summed E-state index contributed by atoms with van der Waals surface area (Å²) in [5.41, 5.74) is -0.752. The van der Waals surface area contributed by atoms with E-state index in [1.165, 1.54) is 13.1 Å². The van der Waals surface area contributed by atoms with Gasteiger partial charge in [0, 0.05) is 38.1 Å². The monoisotopic (exact) mass is 313 g/mol. The van der Waals surface area contributed by atoms with Crippen molar-refractivity contribution in [2.24, 2.45) is 7.05 Å². The van der Waals surface area contributed by atoms with Crippen LogP contribution in [-0.2, 0) is 19.6 Å². The van der Waals surface area contributed by atoms with E-state index in [0.29, 0.717) is 0 Å². The SMILES string of the molecule is Cc1cc(C(F)(F)F)nc(CCNC(=O)c2nccn2C)n1. The molecule has 2 heterocycles. The lowest BCUT2D eigenvalue weighted by Crippen LogP contribution is -2.28. The van der Waals surface area contributed by atoms with Crippen molar-refractivity contribution in [3.8, 4) is 0 Å². The van der Waals surface area contributed by atoms with Gasteiger partial charge in [0.2, 0.25) is 0 Å². The first kappa shape index (κ1) is 15.9. The van der Waals surface area contributed by atoms with E-state index >= 15 is 0 Å². The molecule has 1 amide bonds. The zero-order valence-corrected chi connectivity index (χ0v) is 12.0. The van der Waals surface area contributed by atoms with Crippen molar-refractivity contribution in [1.29, 1.82) is 0 Å². The molecule has 0 aromatic carbocycles. The minimum Gasteiger partial charge on any atom is -0.349 e. The summed E-state index contributed by atoms with van der Waals surface area (Å²) in [7, 11) is 1.67. The third-order valence-electron chi connectivity index (χ3n) is 2.85. The van der Waals surface area contributed by atoms with Gasteiger partial charge in [-0.15, -0.1) is 0 Å². The lowest BCUT2D eigenvalue weighted by molar-refractivity contribution is -0.141. The van der Waals surface area contributed by atoms with Gasteiger partial charge in [-0.2, -0.15) is 13.2 Å². The van der Waals surface area contributed by atoms with E-state index in [-0.39, 0.29) is 30.3 Å². The van der Waals surface area contributed by atoms with Gasteiger partial charge in [0.1, 0.15) is 11.5 Å². The molecule has 2 aromatic heterocycles. The maximum atomic E-state index is 12.7. The molecule has 6 nitrogen and oxygen atoms in total. The Morgan fingerprint density at radius 2 is 2.09 bits per heavy atom. The van der Waals surface area contributed by atoms with E-state index < -0.39 is 17.8 Å². The molecule has 1 N–H and O–H groups in total. The van der Waals surface area contributed by atoms with E-state index in [1.54, 1.807) is 17.8 Å². The molecule has 0 saturated carbocycles. The van der Waals surface area contributed by atoms with Crippen molar-refractivity contribution in [3.05, 3.63) is 41.5 Å². The van der Waals surface area contributed by atoms with Gasteiger partial charge >= 0.3 is 6.18 Å². The van der Waals surface area contributed by atoms with E-state index in [9.17, 15) is 18.0 Å². The molecule has 0 radical (unpaired) electrons. The van der Waals surface area contributed by atoms with Crippen LogP contribution in [0.4, 0.5) is 13.2 Å². The Hall–Kier alpha value is -2.45. The largest absolute Gasteiger partial charge is 0.433 e. The molecule has 0 aliphatic carbocycles. The van der Waals surface area contributed by atoms with Crippen LogP contribution in [0.2, 0.25) is 0 Å². The zero-order chi connectivity index (χ0) is 16.3. The summed E-state index contributed by atoms with van der Waals surface area (Å²) in [6.07, 6.45) is -1.32. The maximum absolute atomic E-state index is 12.7. The molecule has 0 aliphatic rings. The van der Waals surface area contributed by atoms with Crippen molar-refractivity contribution >= 4 is 5.91 Å². The predicted octanol–water partition coefficient (Wildman–Crippen LogP) is 1.51. The fourth-order valence-electron chi connectivity index (χ4n) is 1.84. The predicted molar refractivity (Wildman–Crippen MR) is 71.0 cm³/mol. The van der Waals surface area contributed by atoms with Crippen molar-refractivity contribution in [3.63, 3.8) is 0 Å². The molecule has 118 valence electrons. The van der Waals surface area contributed by atoms with Crippen LogP contribution < -0.4 is 5.32 Å². The van der Waals surface area contributed by atoms with Crippen LogP contribution in [0.25, 0.3) is 0 Å². The minimum absolute atomic E-state index is 0.0347. The second-order valence-electron chi connectivity index (χ2n) is 4.68. The fraction of sp³-hybridized carbons (Fsp3) is 0.385. The number of alkyl halides is 3. The van der Waals surface area contributed by atoms with E-state index in [2.05, 4.69) is 20.3 Å². The van der Waals surface area contributed by atoms with Crippen LogP contribution in [0.15, 0.2) is 18.5 Å². The van der Waals surface area contributed by atoms with Gasteiger partial charge in [-0.1, -0.05) is 0 Å². The number of aryl methyl sites for hydroxylation is 2. The molecule has 22 heavy (non-hydrogen) atoms. The molecule has 0 unspecified atom stereocenters. The average molecular weight is 313 g/mol. The fourth-order valence-corrected chi connectivity index (χ4v) is 1.84. The van der Waals surface area contributed by atoms with Gasteiger partial charge in [-0.3, -0.25) is 4.79 Å². The number of nitrogens with one attached hydrogen (secondary N) is 1. The Morgan fingerprint density at radius 1 is 1.36 bits per heavy atom. The van der Waals surface area contributed by atoms with E-state index in [0.717, 1.165) is 6.07 Å². The molecule has 0 saturated heterocycles. The second-order valence-corrected chi connectivity index (χ2v) is 4.68. The van der Waals surface area contributed by atoms with Crippen LogP contribution in [0.1, 0.15) is 27.8 Å². The van der Waals surface area contributed by atoms with E-state index in [1.807, 2.05) is 0 Å². The number of nitrogens with zero attached hydrogens (tertiary/aromatic N) is 4. The highest BCUT2D eigenvalue weighted by Crippen LogP contribution is 2.27. The standard InChI is InChI=1S/C13H14F3N5O/c1-8-7-9(13(14,15)16)20-10(19-8)3-4-18-12(22)11-17-5-6-21(11)2/h5-7H,3-4H2,1-2H3,(H,18,22). The van der Waals surface area contributed by atoms with Gasteiger partial charge in [-0.25, -0.2) is 15.0 Å². The number of imidazole rings is 1. The quantitative estimate of drug-likeness (QED) is 0.928. The molecule has 0 spiro atoms. The number of rotatable bonds is 4. The summed E-state index contributed by atoms with van der Waals surface area (Å²) in [5, 5.41) is 2.57. The molecular formula is C13H14F3N5O. The molecule has 0 atom stereocenters. The summed E-state index contributed by atoms with van der Waals surface area (Å²) in [6, 6.07) is 0.885. The number of amides is 1. The average Bonchev–Trinajstić information content (AvgIpc) is 2.83. The molecule has 0 fully saturated rings. The number of aromatic nitrogens is 4. The minimum atomic E-state index is -4.52. The first-order valence-electron chi connectivity index (χ1n) is 6.44. The van der Waals surface area contributed by atoms with Gasteiger partial charge in [0.05, 0.1) is 0 Å².